The lowest BCUT2D eigenvalue weighted by Gasteiger charge is -2.26. The molecular formula is C21H26N4O2S2. The van der Waals surface area contributed by atoms with Crippen molar-refractivity contribution in [3.8, 4) is 6.07 Å². The highest BCUT2D eigenvalue weighted by Gasteiger charge is 2.35. The van der Waals surface area contributed by atoms with Gasteiger partial charge < -0.3 is 4.90 Å². The summed E-state index contributed by atoms with van der Waals surface area (Å²) in [6, 6.07) is 2.10. The van der Waals surface area contributed by atoms with Gasteiger partial charge in [0, 0.05) is 31.2 Å². The fourth-order valence-corrected chi connectivity index (χ4v) is 5.32. The molecule has 1 aromatic heterocycles. The fraction of sp³-hybridized carbons (Fsp3) is 0.524. The summed E-state index contributed by atoms with van der Waals surface area (Å²) in [5, 5.41) is 9.60. The second kappa shape index (κ2) is 8.72. The van der Waals surface area contributed by atoms with E-state index in [-0.39, 0.29) is 23.1 Å². The molecule has 1 unspecified atom stereocenters. The third kappa shape index (κ3) is 3.74. The van der Waals surface area contributed by atoms with Crippen LogP contribution in [0.5, 0.6) is 0 Å². The van der Waals surface area contributed by atoms with Crippen molar-refractivity contribution in [1.82, 2.24) is 9.47 Å². The number of thiocarbonyl (C=S) groups is 1. The lowest BCUT2D eigenvalue weighted by atomic mass is 10.0. The highest BCUT2D eigenvalue weighted by molar-refractivity contribution is 8.26. The van der Waals surface area contributed by atoms with E-state index >= 15 is 0 Å². The molecule has 3 rings (SSSR count). The number of rotatable bonds is 5. The second-order valence-electron chi connectivity index (χ2n) is 7.40. The number of nitrogens with zero attached hydrogens (tertiary/aromatic N) is 4. The second-order valence-corrected chi connectivity index (χ2v) is 9.08. The van der Waals surface area contributed by atoms with Gasteiger partial charge in [-0.25, -0.2) is 0 Å². The van der Waals surface area contributed by atoms with E-state index in [2.05, 4.69) is 11.0 Å². The van der Waals surface area contributed by atoms with Gasteiger partial charge in [-0.2, -0.15) is 5.26 Å². The lowest BCUT2D eigenvalue weighted by Crippen LogP contribution is -2.36. The smallest absolute Gasteiger partial charge is 0.270 e. The Morgan fingerprint density at radius 1 is 1.28 bits per heavy atom. The Balaban J connectivity index is 2.22. The van der Waals surface area contributed by atoms with Crippen molar-refractivity contribution < 1.29 is 4.79 Å². The van der Waals surface area contributed by atoms with E-state index < -0.39 is 0 Å². The summed E-state index contributed by atoms with van der Waals surface area (Å²) in [4.78, 5) is 30.4. The van der Waals surface area contributed by atoms with E-state index in [1.54, 1.807) is 16.4 Å². The van der Waals surface area contributed by atoms with Crippen molar-refractivity contribution in [3.63, 3.8) is 0 Å². The predicted octanol–water partition coefficient (Wildman–Crippen LogP) is 3.65. The monoisotopic (exact) mass is 430 g/mol. The number of pyridine rings is 1. The van der Waals surface area contributed by atoms with E-state index in [0.717, 1.165) is 43.7 Å². The van der Waals surface area contributed by atoms with Crippen molar-refractivity contribution in [3.05, 3.63) is 31.9 Å². The normalized spacial score (nSPS) is 19.3. The average Bonchev–Trinajstić information content (AvgIpc) is 3.32. The topological polar surface area (TPSA) is 69.3 Å². The molecule has 2 saturated heterocycles. The quantitative estimate of drug-likeness (QED) is 0.525. The van der Waals surface area contributed by atoms with Crippen LogP contribution in [-0.2, 0) is 11.3 Å². The molecule has 3 heterocycles. The summed E-state index contributed by atoms with van der Waals surface area (Å²) >= 11 is 6.75. The molecule has 1 atom stereocenters. The van der Waals surface area contributed by atoms with Crippen molar-refractivity contribution in [2.24, 2.45) is 0 Å². The largest absolute Gasteiger partial charge is 0.357 e. The van der Waals surface area contributed by atoms with Crippen molar-refractivity contribution in [1.29, 1.82) is 5.26 Å². The molecule has 0 aromatic carbocycles. The van der Waals surface area contributed by atoms with E-state index in [1.807, 2.05) is 26.8 Å². The van der Waals surface area contributed by atoms with Crippen LogP contribution in [0.25, 0.3) is 6.08 Å². The van der Waals surface area contributed by atoms with Gasteiger partial charge in [-0.3, -0.25) is 19.1 Å². The van der Waals surface area contributed by atoms with Gasteiger partial charge in [0.15, 0.2) is 0 Å². The number of aromatic nitrogens is 1. The molecule has 2 aliphatic heterocycles. The number of carbonyl (C=O) groups is 1. The van der Waals surface area contributed by atoms with E-state index in [0.29, 0.717) is 21.3 Å². The van der Waals surface area contributed by atoms with E-state index in [1.165, 1.54) is 11.8 Å². The minimum atomic E-state index is -0.265. The standard InChI is InChI=1S/C21H26N4O2S2/c1-5-13(3)25-20(27)17(29-21(25)28)11-15-14(4)16(12-22)19(26)24(6-2)18(15)23-9-7-8-10-23/h11,13H,5-10H2,1-4H3/b17-11-. The molecule has 8 heteroatoms. The average molecular weight is 431 g/mol. The van der Waals surface area contributed by atoms with Crippen LogP contribution in [0.1, 0.15) is 56.7 Å². The van der Waals surface area contributed by atoms with Crippen LogP contribution in [0.2, 0.25) is 0 Å². The molecule has 0 spiro atoms. The van der Waals surface area contributed by atoms with Crippen LogP contribution < -0.4 is 10.5 Å². The molecule has 2 fully saturated rings. The number of hydrogen-bond acceptors (Lipinski definition) is 6. The molecule has 2 aliphatic rings. The van der Waals surface area contributed by atoms with E-state index in [4.69, 9.17) is 12.2 Å². The number of carbonyl (C=O) groups excluding carboxylic acids is 1. The van der Waals surface area contributed by atoms with Crippen molar-refractivity contribution in [2.75, 3.05) is 18.0 Å². The molecule has 0 radical (unpaired) electrons. The number of amides is 1. The zero-order valence-corrected chi connectivity index (χ0v) is 19.0. The summed E-state index contributed by atoms with van der Waals surface area (Å²) in [7, 11) is 0. The molecule has 0 bridgehead atoms. The molecule has 1 aromatic rings. The number of nitriles is 1. The van der Waals surface area contributed by atoms with Gasteiger partial charge in [0.05, 0.1) is 4.91 Å². The van der Waals surface area contributed by atoms with Gasteiger partial charge in [-0.15, -0.1) is 0 Å². The van der Waals surface area contributed by atoms with Crippen LogP contribution in [-0.4, -0.2) is 38.8 Å². The highest BCUT2D eigenvalue weighted by atomic mass is 32.2. The zero-order valence-electron chi connectivity index (χ0n) is 17.3. The first-order chi connectivity index (χ1) is 13.8. The molecule has 154 valence electrons. The summed E-state index contributed by atoms with van der Waals surface area (Å²) in [6.07, 6.45) is 4.77. The zero-order chi connectivity index (χ0) is 21.3. The maximum atomic E-state index is 13.0. The highest BCUT2D eigenvalue weighted by Crippen LogP contribution is 2.37. The Kier molecular flexibility index (Phi) is 6.49. The first kappa shape index (κ1) is 21.6. The first-order valence-electron chi connectivity index (χ1n) is 10.0. The summed E-state index contributed by atoms with van der Waals surface area (Å²) in [5.74, 6) is 0.703. The van der Waals surface area contributed by atoms with Gasteiger partial charge in [0.25, 0.3) is 11.5 Å². The lowest BCUT2D eigenvalue weighted by molar-refractivity contribution is -0.123. The predicted molar refractivity (Wildman–Crippen MR) is 122 cm³/mol. The minimum absolute atomic E-state index is 0.0341. The maximum absolute atomic E-state index is 13.0. The molecular weight excluding hydrogens is 404 g/mol. The van der Waals surface area contributed by atoms with Gasteiger partial charge in [-0.05, 0) is 51.7 Å². The molecule has 0 saturated carbocycles. The first-order valence-corrected chi connectivity index (χ1v) is 11.3. The maximum Gasteiger partial charge on any atom is 0.270 e. The SMILES string of the molecule is CCC(C)N1C(=O)/C(=C/c2c(C)c(C#N)c(=O)n(CC)c2N2CCCC2)SC1=S. The Bertz CT molecular complexity index is 984. The number of anilines is 1. The van der Waals surface area contributed by atoms with Crippen LogP contribution >= 0.6 is 24.0 Å². The Morgan fingerprint density at radius 3 is 2.48 bits per heavy atom. The van der Waals surface area contributed by atoms with Gasteiger partial charge >= 0.3 is 0 Å². The van der Waals surface area contributed by atoms with Gasteiger partial charge in [0.1, 0.15) is 21.8 Å². The molecule has 29 heavy (non-hydrogen) atoms. The van der Waals surface area contributed by atoms with Gasteiger partial charge in [0.2, 0.25) is 0 Å². The van der Waals surface area contributed by atoms with Gasteiger partial charge in [-0.1, -0.05) is 30.9 Å². The summed E-state index contributed by atoms with van der Waals surface area (Å²) in [5.41, 5.74) is 1.27. The fourth-order valence-electron chi connectivity index (χ4n) is 3.88. The third-order valence-corrected chi connectivity index (χ3v) is 7.03. The third-order valence-electron chi connectivity index (χ3n) is 5.70. The summed E-state index contributed by atoms with van der Waals surface area (Å²) < 4.78 is 2.22. The van der Waals surface area contributed by atoms with Crippen LogP contribution in [0.3, 0.4) is 0 Å². The molecule has 6 nitrogen and oxygen atoms in total. The Labute approximate surface area is 181 Å². The minimum Gasteiger partial charge on any atom is -0.357 e. The van der Waals surface area contributed by atoms with Crippen LogP contribution in [0.15, 0.2) is 9.70 Å². The van der Waals surface area contributed by atoms with E-state index in [9.17, 15) is 14.9 Å². The molecule has 1 amide bonds. The Hall–Kier alpha value is -2.11. The Morgan fingerprint density at radius 2 is 1.93 bits per heavy atom. The van der Waals surface area contributed by atoms with Crippen LogP contribution in [0, 0.1) is 18.3 Å². The van der Waals surface area contributed by atoms with Crippen molar-refractivity contribution >= 4 is 46.1 Å². The molecule has 0 N–H and O–H groups in total. The number of thioether (sulfide) groups is 1. The van der Waals surface area contributed by atoms with Crippen LogP contribution in [0.4, 0.5) is 5.82 Å². The summed E-state index contributed by atoms with van der Waals surface area (Å²) in [6.45, 7) is 9.90. The molecule has 0 aliphatic carbocycles. The number of hydrogen-bond donors (Lipinski definition) is 0. The van der Waals surface area contributed by atoms with Crippen molar-refractivity contribution in [2.45, 2.75) is 59.5 Å².